The summed E-state index contributed by atoms with van der Waals surface area (Å²) >= 11 is 0. The summed E-state index contributed by atoms with van der Waals surface area (Å²) in [6.45, 7) is 4.00. The van der Waals surface area contributed by atoms with Crippen molar-refractivity contribution in [2.75, 3.05) is 5.32 Å². The number of carbonyl (C=O) groups excluding carboxylic acids is 1. The molecule has 0 aliphatic carbocycles. The highest BCUT2D eigenvalue weighted by atomic mass is 19.3. The Balaban J connectivity index is 1.98. The van der Waals surface area contributed by atoms with E-state index in [0.717, 1.165) is 18.2 Å². The molecule has 4 heterocycles. The standard InChI is InChI=1S/C19H18F2N8O/c1-10-12(9-24-28(10)4)17-13-8-23-15(25-11(2)30)7-14(13)29(27-17)16-5-6-22-18(26-16)19(3,20)21/h5-9H,1-4H3,(H,23,25,30). The van der Waals surface area contributed by atoms with Crippen molar-refractivity contribution in [3.05, 3.63) is 42.2 Å². The van der Waals surface area contributed by atoms with Gasteiger partial charge in [-0.25, -0.2) is 19.6 Å². The normalized spacial score (nSPS) is 11.8. The average Bonchev–Trinajstić information content (AvgIpc) is 3.21. The van der Waals surface area contributed by atoms with E-state index in [9.17, 15) is 13.6 Å². The number of fused-ring (bicyclic) bond motifs is 1. The molecule has 0 aliphatic rings. The Hall–Kier alpha value is -3.76. The first-order valence-electron chi connectivity index (χ1n) is 9.02. The number of carbonyl (C=O) groups is 1. The molecule has 154 valence electrons. The summed E-state index contributed by atoms with van der Waals surface area (Å²) in [5, 5.41) is 12.1. The largest absolute Gasteiger partial charge is 0.311 e. The van der Waals surface area contributed by atoms with Crippen LogP contribution in [0.5, 0.6) is 0 Å². The molecule has 4 rings (SSSR count). The number of amides is 1. The number of hydrogen-bond acceptors (Lipinski definition) is 6. The van der Waals surface area contributed by atoms with Crippen LogP contribution in [0.2, 0.25) is 0 Å². The Labute approximate surface area is 169 Å². The quantitative estimate of drug-likeness (QED) is 0.553. The molecule has 4 aromatic rings. The summed E-state index contributed by atoms with van der Waals surface area (Å²) in [6, 6.07) is 3.10. The first-order valence-corrected chi connectivity index (χ1v) is 9.02. The number of rotatable bonds is 4. The van der Waals surface area contributed by atoms with Crippen molar-refractivity contribution < 1.29 is 13.6 Å². The van der Waals surface area contributed by atoms with Gasteiger partial charge in [-0.1, -0.05) is 0 Å². The van der Waals surface area contributed by atoms with Gasteiger partial charge in [0.1, 0.15) is 11.5 Å². The van der Waals surface area contributed by atoms with Crippen LogP contribution in [0.3, 0.4) is 0 Å². The third-order valence-corrected chi connectivity index (χ3v) is 4.61. The highest BCUT2D eigenvalue weighted by Crippen LogP contribution is 2.32. The van der Waals surface area contributed by atoms with E-state index >= 15 is 0 Å². The molecule has 0 unspecified atom stereocenters. The molecule has 0 spiro atoms. The van der Waals surface area contributed by atoms with E-state index in [0.29, 0.717) is 22.4 Å². The molecule has 4 aromatic heterocycles. The van der Waals surface area contributed by atoms with Crippen molar-refractivity contribution in [2.45, 2.75) is 26.7 Å². The number of pyridine rings is 1. The third-order valence-electron chi connectivity index (χ3n) is 4.61. The maximum absolute atomic E-state index is 13.8. The van der Waals surface area contributed by atoms with Crippen LogP contribution in [0, 0.1) is 6.92 Å². The molecule has 1 N–H and O–H groups in total. The Kier molecular flexibility index (Phi) is 4.52. The van der Waals surface area contributed by atoms with Gasteiger partial charge in [-0.05, 0) is 6.92 Å². The lowest BCUT2D eigenvalue weighted by Gasteiger charge is -2.10. The van der Waals surface area contributed by atoms with E-state index in [2.05, 4.69) is 30.5 Å². The molecular weight excluding hydrogens is 394 g/mol. The summed E-state index contributed by atoms with van der Waals surface area (Å²) in [6.07, 6.45) is 4.50. The molecule has 11 heteroatoms. The van der Waals surface area contributed by atoms with Crippen molar-refractivity contribution in [1.29, 1.82) is 0 Å². The lowest BCUT2D eigenvalue weighted by atomic mass is 10.1. The molecule has 0 saturated heterocycles. The summed E-state index contributed by atoms with van der Waals surface area (Å²) in [5.74, 6) is -3.63. The number of hydrogen-bond donors (Lipinski definition) is 1. The van der Waals surface area contributed by atoms with Gasteiger partial charge in [0, 0.05) is 62.1 Å². The number of alkyl halides is 2. The average molecular weight is 412 g/mol. The van der Waals surface area contributed by atoms with Gasteiger partial charge in [0.15, 0.2) is 5.82 Å². The topological polar surface area (TPSA) is 103 Å². The lowest BCUT2D eigenvalue weighted by molar-refractivity contribution is -0.114. The van der Waals surface area contributed by atoms with E-state index in [1.54, 1.807) is 23.1 Å². The van der Waals surface area contributed by atoms with Gasteiger partial charge in [-0.2, -0.15) is 19.0 Å². The second-order valence-corrected chi connectivity index (χ2v) is 6.92. The van der Waals surface area contributed by atoms with Gasteiger partial charge in [-0.3, -0.25) is 9.48 Å². The number of nitrogens with zero attached hydrogens (tertiary/aromatic N) is 7. The first-order chi connectivity index (χ1) is 14.1. The predicted octanol–water partition coefficient (Wildman–Crippen LogP) is 2.99. The third kappa shape index (κ3) is 3.38. The molecule has 0 saturated carbocycles. The summed E-state index contributed by atoms with van der Waals surface area (Å²) in [5.41, 5.74) is 2.75. The minimum atomic E-state index is -3.20. The second kappa shape index (κ2) is 6.94. The molecule has 0 atom stereocenters. The zero-order valence-corrected chi connectivity index (χ0v) is 16.7. The van der Waals surface area contributed by atoms with Crippen LogP contribution in [0.15, 0.2) is 30.7 Å². The fourth-order valence-corrected chi connectivity index (χ4v) is 3.04. The van der Waals surface area contributed by atoms with Crippen molar-refractivity contribution in [2.24, 2.45) is 7.05 Å². The van der Waals surface area contributed by atoms with Crippen LogP contribution in [0.1, 0.15) is 25.4 Å². The monoisotopic (exact) mass is 412 g/mol. The van der Waals surface area contributed by atoms with E-state index in [1.807, 2.05) is 14.0 Å². The Morgan fingerprint density at radius 3 is 2.63 bits per heavy atom. The van der Waals surface area contributed by atoms with E-state index in [-0.39, 0.29) is 11.7 Å². The van der Waals surface area contributed by atoms with Crippen LogP contribution in [-0.4, -0.2) is 40.4 Å². The number of aromatic nitrogens is 7. The van der Waals surface area contributed by atoms with Gasteiger partial charge in [0.25, 0.3) is 0 Å². The molecule has 0 aliphatic heterocycles. The van der Waals surface area contributed by atoms with Crippen molar-refractivity contribution >= 4 is 22.6 Å². The van der Waals surface area contributed by atoms with Gasteiger partial charge in [0.05, 0.1) is 11.7 Å². The number of nitrogens with one attached hydrogen (secondary N) is 1. The van der Waals surface area contributed by atoms with Crippen LogP contribution in [0.25, 0.3) is 28.0 Å². The van der Waals surface area contributed by atoms with E-state index in [4.69, 9.17) is 0 Å². The minimum absolute atomic E-state index is 0.166. The number of anilines is 1. The Morgan fingerprint density at radius 1 is 1.23 bits per heavy atom. The summed E-state index contributed by atoms with van der Waals surface area (Å²) < 4.78 is 30.7. The van der Waals surface area contributed by atoms with Crippen LogP contribution in [0.4, 0.5) is 14.6 Å². The molecule has 1 amide bonds. The molecule has 0 fully saturated rings. The maximum Gasteiger partial charge on any atom is 0.303 e. The first kappa shape index (κ1) is 19.6. The smallest absolute Gasteiger partial charge is 0.303 e. The fraction of sp³-hybridized carbons (Fsp3) is 0.263. The molecule has 0 aromatic carbocycles. The Morgan fingerprint density at radius 2 is 2.00 bits per heavy atom. The Bertz CT molecular complexity index is 1270. The highest BCUT2D eigenvalue weighted by Gasteiger charge is 2.29. The fourth-order valence-electron chi connectivity index (χ4n) is 3.04. The second-order valence-electron chi connectivity index (χ2n) is 6.92. The van der Waals surface area contributed by atoms with Crippen LogP contribution < -0.4 is 5.32 Å². The zero-order valence-electron chi connectivity index (χ0n) is 16.7. The minimum Gasteiger partial charge on any atom is -0.311 e. The summed E-state index contributed by atoms with van der Waals surface area (Å²) in [4.78, 5) is 23.4. The van der Waals surface area contributed by atoms with Crippen molar-refractivity contribution in [3.63, 3.8) is 0 Å². The van der Waals surface area contributed by atoms with Crippen LogP contribution in [-0.2, 0) is 17.8 Å². The predicted molar refractivity (Wildman–Crippen MR) is 105 cm³/mol. The van der Waals surface area contributed by atoms with E-state index in [1.165, 1.54) is 23.9 Å². The number of aryl methyl sites for hydroxylation is 1. The zero-order chi connectivity index (χ0) is 21.6. The van der Waals surface area contributed by atoms with Gasteiger partial charge in [-0.15, -0.1) is 0 Å². The van der Waals surface area contributed by atoms with Gasteiger partial charge >= 0.3 is 5.92 Å². The SMILES string of the molecule is CC(=O)Nc1cc2c(cn1)c(-c1cnn(C)c1C)nn2-c1ccnc(C(C)(F)F)n1. The van der Waals surface area contributed by atoms with Crippen molar-refractivity contribution in [3.8, 4) is 17.1 Å². The molecular formula is C19H18F2N8O. The van der Waals surface area contributed by atoms with Gasteiger partial charge in [0.2, 0.25) is 11.7 Å². The van der Waals surface area contributed by atoms with Crippen molar-refractivity contribution in [1.82, 2.24) is 34.5 Å². The highest BCUT2D eigenvalue weighted by molar-refractivity contribution is 5.97. The molecule has 30 heavy (non-hydrogen) atoms. The van der Waals surface area contributed by atoms with Gasteiger partial charge < -0.3 is 5.32 Å². The number of halogens is 2. The van der Waals surface area contributed by atoms with E-state index < -0.39 is 11.7 Å². The summed E-state index contributed by atoms with van der Waals surface area (Å²) in [7, 11) is 1.81. The van der Waals surface area contributed by atoms with Crippen LogP contribution >= 0.6 is 0 Å². The molecule has 9 nitrogen and oxygen atoms in total. The lowest BCUT2D eigenvalue weighted by Crippen LogP contribution is -2.14. The maximum atomic E-state index is 13.8. The molecule has 0 radical (unpaired) electrons. The molecule has 0 bridgehead atoms.